The molecule has 0 fully saturated rings. The standard InChI is InChI=1S/C6H15P.2I2/c1-4-7(5-2)6-3;2*1-2/h4-6H2,1-3H3;;. The molecule has 0 saturated heterocycles. The summed E-state index contributed by atoms with van der Waals surface area (Å²) in [7, 11) is 0.446. The van der Waals surface area contributed by atoms with Gasteiger partial charge >= 0.3 is 0 Å². The fourth-order valence-corrected chi connectivity index (χ4v) is 2.01. The molecule has 0 rings (SSSR count). The molecular formula is C6H15I4P. The lowest BCUT2D eigenvalue weighted by atomic mass is 10.9. The molecule has 0 heterocycles. The van der Waals surface area contributed by atoms with E-state index in [1.54, 1.807) is 0 Å². The Hall–Kier alpha value is 3.35. The molecule has 0 aromatic rings. The first-order chi connectivity index (χ1) is 5.35. The number of rotatable bonds is 3. The first kappa shape index (κ1) is 19.9. The van der Waals surface area contributed by atoms with Crippen molar-refractivity contribution in [1.82, 2.24) is 0 Å². The Morgan fingerprint density at radius 2 is 0.909 bits per heavy atom. The van der Waals surface area contributed by atoms with Crippen molar-refractivity contribution in [1.29, 1.82) is 0 Å². The summed E-state index contributed by atoms with van der Waals surface area (Å²) in [6, 6.07) is 0. The van der Waals surface area contributed by atoms with Crippen molar-refractivity contribution in [3.63, 3.8) is 0 Å². The predicted octanol–water partition coefficient (Wildman–Crippen LogP) is 6.07. The van der Waals surface area contributed by atoms with Crippen LogP contribution in [-0.4, -0.2) is 18.5 Å². The fourth-order valence-electron chi connectivity index (χ4n) is 0.671. The normalized spacial score (nSPS) is 7.64. The summed E-state index contributed by atoms with van der Waals surface area (Å²) in [5.41, 5.74) is 0. The topological polar surface area (TPSA) is 0 Å². The second-order valence-electron chi connectivity index (χ2n) is 1.62. The highest BCUT2D eigenvalue weighted by atomic mass is 128. The van der Waals surface area contributed by atoms with Crippen LogP contribution in [0.2, 0.25) is 0 Å². The zero-order chi connectivity index (χ0) is 9.70. The Bertz CT molecular complexity index is 36.1. The van der Waals surface area contributed by atoms with Crippen molar-refractivity contribution in [3.05, 3.63) is 0 Å². The molecule has 0 spiro atoms. The Morgan fingerprint density at radius 3 is 0.909 bits per heavy atom. The lowest BCUT2D eigenvalue weighted by molar-refractivity contribution is 1.35. The molecule has 0 aliphatic carbocycles. The minimum atomic E-state index is 0.446. The van der Waals surface area contributed by atoms with E-state index in [1.165, 1.54) is 18.5 Å². The first-order valence-electron chi connectivity index (χ1n) is 3.36. The van der Waals surface area contributed by atoms with E-state index in [-0.39, 0.29) is 0 Å². The minimum absolute atomic E-state index is 0.446. The summed E-state index contributed by atoms with van der Waals surface area (Å²) in [6.45, 7) is 6.87. The van der Waals surface area contributed by atoms with Crippen molar-refractivity contribution >= 4 is 82.4 Å². The van der Waals surface area contributed by atoms with Crippen LogP contribution in [0.5, 0.6) is 0 Å². The van der Waals surface area contributed by atoms with Gasteiger partial charge in [0.15, 0.2) is 0 Å². The largest absolute Gasteiger partial charge is 0.108 e. The van der Waals surface area contributed by atoms with Gasteiger partial charge in [0, 0.05) is 74.5 Å². The van der Waals surface area contributed by atoms with Crippen molar-refractivity contribution in [3.8, 4) is 0 Å². The maximum Gasteiger partial charge on any atom is 0 e. The third kappa shape index (κ3) is 19.7. The Morgan fingerprint density at radius 1 is 0.727 bits per heavy atom. The molecule has 0 atom stereocenters. The lowest BCUT2D eigenvalue weighted by Crippen LogP contribution is -1.83. The van der Waals surface area contributed by atoms with Gasteiger partial charge in [-0.3, -0.25) is 0 Å². The molecule has 5 heteroatoms. The van der Waals surface area contributed by atoms with Crippen LogP contribution in [0.4, 0.5) is 0 Å². The smallest absolute Gasteiger partial charge is 0 e. The fraction of sp³-hybridized carbons (Fsp3) is 1.00. The zero-order valence-electron chi connectivity index (χ0n) is 7.08. The molecular weight excluding hydrogens is 611 g/mol. The van der Waals surface area contributed by atoms with Gasteiger partial charge in [-0.25, -0.2) is 0 Å². The summed E-state index contributed by atoms with van der Waals surface area (Å²) < 4.78 is 0. The first-order valence-corrected chi connectivity index (χ1v) is 17.8. The van der Waals surface area contributed by atoms with E-state index in [2.05, 4.69) is 95.2 Å². The van der Waals surface area contributed by atoms with E-state index >= 15 is 0 Å². The quantitative estimate of drug-likeness (QED) is 0.264. The molecule has 0 amide bonds. The minimum Gasteiger partial charge on any atom is -0.108 e. The Balaban J connectivity index is -0.000000138. The molecule has 0 aliphatic rings. The second-order valence-corrected chi connectivity index (χ2v) is 4.86. The molecule has 0 aromatic heterocycles. The van der Waals surface area contributed by atoms with E-state index in [0.717, 1.165) is 0 Å². The van der Waals surface area contributed by atoms with Crippen LogP contribution in [0.1, 0.15) is 20.8 Å². The van der Waals surface area contributed by atoms with Gasteiger partial charge in [0.05, 0.1) is 0 Å². The maximum atomic E-state index is 2.29. The highest BCUT2D eigenvalue weighted by Crippen LogP contribution is 2.32. The maximum absolute atomic E-state index is 2.29. The van der Waals surface area contributed by atoms with Crippen LogP contribution in [0, 0.1) is 0 Å². The Kier molecular flexibility index (Phi) is 42.0. The molecule has 0 unspecified atom stereocenters. The van der Waals surface area contributed by atoms with Gasteiger partial charge in [-0.05, 0) is 18.5 Å². The molecule has 0 bridgehead atoms. The van der Waals surface area contributed by atoms with Crippen LogP contribution in [0.3, 0.4) is 0 Å². The van der Waals surface area contributed by atoms with Gasteiger partial charge in [0.2, 0.25) is 0 Å². The average Bonchev–Trinajstić information content (AvgIpc) is 2.14. The summed E-state index contributed by atoms with van der Waals surface area (Å²) in [4.78, 5) is 0. The van der Waals surface area contributed by atoms with Crippen LogP contribution in [0.25, 0.3) is 0 Å². The highest BCUT2D eigenvalue weighted by molar-refractivity contribution is 15.0. The van der Waals surface area contributed by atoms with Crippen LogP contribution in [0.15, 0.2) is 0 Å². The lowest BCUT2D eigenvalue weighted by Gasteiger charge is -2.07. The van der Waals surface area contributed by atoms with Crippen LogP contribution >= 0.6 is 82.4 Å². The van der Waals surface area contributed by atoms with E-state index in [4.69, 9.17) is 0 Å². The van der Waals surface area contributed by atoms with Gasteiger partial charge < -0.3 is 0 Å². The average molecular weight is 626 g/mol. The molecule has 0 nitrogen and oxygen atoms in total. The van der Waals surface area contributed by atoms with Gasteiger partial charge in [0.1, 0.15) is 0 Å². The van der Waals surface area contributed by atoms with Gasteiger partial charge in [-0.2, -0.15) is 0 Å². The van der Waals surface area contributed by atoms with Gasteiger partial charge in [-0.15, -0.1) is 7.92 Å². The number of halogens is 4. The highest BCUT2D eigenvalue weighted by Gasteiger charge is 1.94. The van der Waals surface area contributed by atoms with Crippen LogP contribution < -0.4 is 0 Å². The number of hydrogen-bond donors (Lipinski definition) is 0. The van der Waals surface area contributed by atoms with Crippen molar-refractivity contribution in [2.24, 2.45) is 0 Å². The van der Waals surface area contributed by atoms with E-state index in [0.29, 0.717) is 7.92 Å². The summed E-state index contributed by atoms with van der Waals surface area (Å²) in [6.07, 6.45) is 4.26. The van der Waals surface area contributed by atoms with E-state index in [1.807, 2.05) is 0 Å². The Labute approximate surface area is 119 Å². The van der Waals surface area contributed by atoms with Crippen molar-refractivity contribution in [2.75, 3.05) is 18.5 Å². The zero-order valence-corrected chi connectivity index (χ0v) is 16.6. The van der Waals surface area contributed by atoms with E-state index in [9.17, 15) is 0 Å². The van der Waals surface area contributed by atoms with Crippen molar-refractivity contribution in [2.45, 2.75) is 20.8 Å². The second kappa shape index (κ2) is 23.3. The molecule has 0 aromatic carbocycles. The van der Waals surface area contributed by atoms with Gasteiger partial charge in [-0.1, -0.05) is 20.8 Å². The third-order valence-corrected chi connectivity index (χ3v) is 4.02. The summed E-state index contributed by atoms with van der Waals surface area (Å²) in [5.74, 6) is 0. The van der Waals surface area contributed by atoms with Crippen molar-refractivity contribution < 1.29 is 0 Å². The molecule has 72 valence electrons. The molecule has 0 N–H and O–H groups in total. The molecule has 0 saturated carbocycles. The van der Waals surface area contributed by atoms with E-state index < -0.39 is 0 Å². The summed E-state index contributed by atoms with van der Waals surface area (Å²) in [5, 5.41) is 0. The SMILES string of the molecule is CCP(CC)CC.II.II. The third-order valence-electron chi connectivity index (χ3n) is 1.34. The van der Waals surface area contributed by atoms with Crippen LogP contribution in [-0.2, 0) is 0 Å². The van der Waals surface area contributed by atoms with Gasteiger partial charge in [0.25, 0.3) is 0 Å². The molecule has 11 heavy (non-hydrogen) atoms. The summed E-state index contributed by atoms with van der Waals surface area (Å²) >= 11 is 8.48. The molecule has 0 aliphatic heterocycles. The predicted molar refractivity (Wildman–Crippen MR) is 94.6 cm³/mol. The number of hydrogen-bond acceptors (Lipinski definition) is 0. The monoisotopic (exact) mass is 626 g/mol. The molecule has 0 radical (unpaired) electrons.